The van der Waals surface area contributed by atoms with Crippen LogP contribution in [0.4, 0.5) is 0 Å². The molecule has 0 saturated heterocycles. The summed E-state index contributed by atoms with van der Waals surface area (Å²) in [6, 6.07) is 0.749. The van der Waals surface area contributed by atoms with E-state index in [1.807, 2.05) is 0 Å². The van der Waals surface area contributed by atoms with Crippen molar-refractivity contribution < 1.29 is 0 Å². The van der Waals surface area contributed by atoms with Crippen molar-refractivity contribution in [3.63, 3.8) is 0 Å². The third-order valence-electron chi connectivity index (χ3n) is 3.37. The molecule has 0 amide bonds. The normalized spacial score (nSPS) is 14.9. The quantitative estimate of drug-likeness (QED) is 0.600. The van der Waals surface area contributed by atoms with E-state index in [1.165, 1.54) is 24.1 Å². The third kappa shape index (κ3) is 3.10. The first kappa shape index (κ1) is 12.2. The number of nitrogens with one attached hydrogen (secondary N) is 1. The average Bonchev–Trinajstić information content (AvgIpc) is 3.08. The zero-order valence-corrected chi connectivity index (χ0v) is 10.8. The number of aryl methyl sites for hydroxylation is 2. The Kier molecular flexibility index (Phi) is 3.86. The molecular formula is C14H21N3. The first-order chi connectivity index (χ1) is 8.22. The number of nitrogens with zero attached hydrogens (tertiary/aromatic N) is 2. The second kappa shape index (κ2) is 5.37. The van der Waals surface area contributed by atoms with Gasteiger partial charge in [0.05, 0.1) is 5.69 Å². The summed E-state index contributed by atoms with van der Waals surface area (Å²) < 4.78 is 2.09. The van der Waals surface area contributed by atoms with Gasteiger partial charge in [-0.2, -0.15) is 5.10 Å². The molecule has 1 N–H and O–H groups in total. The predicted molar refractivity (Wildman–Crippen MR) is 69.6 cm³/mol. The van der Waals surface area contributed by atoms with Crippen LogP contribution in [0.15, 0.2) is 0 Å². The van der Waals surface area contributed by atoms with Crippen LogP contribution in [0.2, 0.25) is 0 Å². The molecule has 1 aliphatic rings. The maximum atomic E-state index is 5.26. The monoisotopic (exact) mass is 231 g/mol. The number of aromatic nitrogens is 2. The van der Waals surface area contributed by atoms with E-state index in [9.17, 15) is 0 Å². The molecule has 3 heteroatoms. The Morgan fingerprint density at radius 1 is 1.47 bits per heavy atom. The van der Waals surface area contributed by atoms with Crippen LogP contribution < -0.4 is 5.32 Å². The van der Waals surface area contributed by atoms with E-state index in [-0.39, 0.29) is 0 Å². The highest BCUT2D eigenvalue weighted by Crippen LogP contribution is 2.21. The topological polar surface area (TPSA) is 29.9 Å². The Labute approximate surface area is 104 Å². The van der Waals surface area contributed by atoms with Crippen LogP contribution in [0.1, 0.15) is 42.6 Å². The maximum Gasteiger partial charge on any atom is 0.0641 e. The minimum Gasteiger partial charge on any atom is -0.310 e. The Hall–Kier alpha value is -1.27. The summed E-state index contributed by atoms with van der Waals surface area (Å²) in [5.74, 6) is 2.67. The van der Waals surface area contributed by atoms with Gasteiger partial charge in [-0.25, -0.2) is 0 Å². The number of hydrogen-bond acceptors (Lipinski definition) is 2. The van der Waals surface area contributed by atoms with Crippen molar-refractivity contribution in [2.75, 3.05) is 0 Å². The lowest BCUT2D eigenvalue weighted by molar-refractivity contribution is 0.568. The van der Waals surface area contributed by atoms with E-state index in [0.717, 1.165) is 37.7 Å². The number of unbranched alkanes of at least 4 members (excludes halogenated alkanes) is 1. The minimum absolute atomic E-state index is 0.749. The van der Waals surface area contributed by atoms with Crippen LogP contribution in [-0.2, 0) is 13.1 Å². The SMILES string of the molecule is C#CCCCn1nc(C)c(CNC2CC2)c1C. The van der Waals surface area contributed by atoms with E-state index in [0.29, 0.717) is 0 Å². The molecule has 1 saturated carbocycles. The summed E-state index contributed by atoms with van der Waals surface area (Å²) in [4.78, 5) is 0. The fourth-order valence-corrected chi connectivity index (χ4v) is 2.07. The molecule has 1 aromatic rings. The second-order valence-corrected chi connectivity index (χ2v) is 4.84. The molecule has 1 fully saturated rings. The summed E-state index contributed by atoms with van der Waals surface area (Å²) in [7, 11) is 0. The molecule has 0 radical (unpaired) electrons. The fourth-order valence-electron chi connectivity index (χ4n) is 2.07. The molecule has 1 aliphatic carbocycles. The third-order valence-corrected chi connectivity index (χ3v) is 3.37. The Morgan fingerprint density at radius 2 is 2.24 bits per heavy atom. The summed E-state index contributed by atoms with van der Waals surface area (Å²) in [5, 5.41) is 8.14. The van der Waals surface area contributed by atoms with Crippen molar-refractivity contribution in [2.24, 2.45) is 0 Å². The molecule has 3 nitrogen and oxygen atoms in total. The van der Waals surface area contributed by atoms with Gasteiger partial charge < -0.3 is 5.32 Å². The molecule has 1 aromatic heterocycles. The molecule has 0 aliphatic heterocycles. The highest BCUT2D eigenvalue weighted by molar-refractivity contribution is 5.24. The first-order valence-electron chi connectivity index (χ1n) is 6.42. The van der Waals surface area contributed by atoms with Gasteiger partial charge in [0.1, 0.15) is 0 Å². The summed E-state index contributed by atoms with van der Waals surface area (Å²) in [5.41, 5.74) is 3.79. The molecule has 0 aromatic carbocycles. The lowest BCUT2D eigenvalue weighted by atomic mass is 10.2. The van der Waals surface area contributed by atoms with Crippen LogP contribution in [-0.4, -0.2) is 15.8 Å². The van der Waals surface area contributed by atoms with Gasteiger partial charge in [-0.1, -0.05) is 0 Å². The van der Waals surface area contributed by atoms with Gasteiger partial charge >= 0.3 is 0 Å². The second-order valence-electron chi connectivity index (χ2n) is 4.84. The van der Waals surface area contributed by atoms with Gasteiger partial charge in [0, 0.05) is 36.8 Å². The van der Waals surface area contributed by atoms with Crippen molar-refractivity contribution in [3.05, 3.63) is 17.0 Å². The van der Waals surface area contributed by atoms with Crippen LogP contribution >= 0.6 is 0 Å². The van der Waals surface area contributed by atoms with Gasteiger partial charge in [-0.05, 0) is 33.1 Å². The zero-order chi connectivity index (χ0) is 12.3. The van der Waals surface area contributed by atoms with Gasteiger partial charge in [0.25, 0.3) is 0 Å². The molecular weight excluding hydrogens is 210 g/mol. The highest BCUT2D eigenvalue weighted by Gasteiger charge is 2.21. The molecule has 92 valence electrons. The smallest absolute Gasteiger partial charge is 0.0641 e. The first-order valence-corrected chi connectivity index (χ1v) is 6.42. The summed E-state index contributed by atoms with van der Waals surface area (Å²) >= 11 is 0. The fraction of sp³-hybridized carbons (Fsp3) is 0.643. The van der Waals surface area contributed by atoms with Crippen molar-refractivity contribution in [3.8, 4) is 12.3 Å². The van der Waals surface area contributed by atoms with E-state index < -0.39 is 0 Å². The molecule has 0 atom stereocenters. The molecule has 0 spiro atoms. The van der Waals surface area contributed by atoms with E-state index in [1.54, 1.807) is 0 Å². The van der Waals surface area contributed by atoms with Crippen molar-refractivity contribution >= 4 is 0 Å². The van der Waals surface area contributed by atoms with Crippen LogP contribution in [0, 0.1) is 26.2 Å². The number of rotatable bonds is 6. The van der Waals surface area contributed by atoms with Gasteiger partial charge in [-0.15, -0.1) is 12.3 Å². The average molecular weight is 231 g/mol. The molecule has 0 bridgehead atoms. The van der Waals surface area contributed by atoms with E-state index in [4.69, 9.17) is 6.42 Å². The Morgan fingerprint density at radius 3 is 2.88 bits per heavy atom. The van der Waals surface area contributed by atoms with Crippen molar-refractivity contribution in [2.45, 2.75) is 58.7 Å². The minimum atomic E-state index is 0.749. The molecule has 1 heterocycles. The summed E-state index contributed by atoms with van der Waals surface area (Å²) in [6.45, 7) is 6.13. The molecule has 2 rings (SSSR count). The van der Waals surface area contributed by atoms with Crippen LogP contribution in [0.25, 0.3) is 0 Å². The largest absolute Gasteiger partial charge is 0.310 e. The lowest BCUT2D eigenvalue weighted by Gasteiger charge is -2.05. The van der Waals surface area contributed by atoms with E-state index >= 15 is 0 Å². The Bertz CT molecular complexity index is 421. The maximum absolute atomic E-state index is 5.26. The standard InChI is InChI=1S/C14H21N3/c1-4-5-6-9-17-12(3)14(11(2)16-17)10-15-13-7-8-13/h1,13,15H,5-10H2,2-3H3. The lowest BCUT2D eigenvalue weighted by Crippen LogP contribution is -2.16. The number of terminal acetylenes is 1. The number of hydrogen-bond donors (Lipinski definition) is 1. The van der Waals surface area contributed by atoms with Crippen molar-refractivity contribution in [1.82, 2.24) is 15.1 Å². The van der Waals surface area contributed by atoms with Crippen molar-refractivity contribution in [1.29, 1.82) is 0 Å². The zero-order valence-electron chi connectivity index (χ0n) is 10.8. The van der Waals surface area contributed by atoms with Gasteiger partial charge in [0.2, 0.25) is 0 Å². The van der Waals surface area contributed by atoms with E-state index in [2.05, 4.69) is 34.9 Å². The Balaban J connectivity index is 1.97. The van der Waals surface area contributed by atoms with Crippen LogP contribution in [0.3, 0.4) is 0 Å². The molecule has 17 heavy (non-hydrogen) atoms. The highest BCUT2D eigenvalue weighted by atomic mass is 15.3. The van der Waals surface area contributed by atoms with Gasteiger partial charge in [-0.3, -0.25) is 4.68 Å². The summed E-state index contributed by atoms with van der Waals surface area (Å²) in [6.07, 6.45) is 9.75. The predicted octanol–water partition coefficient (Wildman–Crippen LogP) is 2.17. The van der Waals surface area contributed by atoms with Crippen LogP contribution in [0.5, 0.6) is 0 Å². The molecule has 0 unspecified atom stereocenters. The van der Waals surface area contributed by atoms with Gasteiger partial charge in [0.15, 0.2) is 0 Å².